The van der Waals surface area contributed by atoms with Gasteiger partial charge in [-0.1, -0.05) is 35.9 Å². The zero-order chi connectivity index (χ0) is 13.8. The van der Waals surface area contributed by atoms with Crippen LogP contribution in [0, 0.1) is 19.7 Å². The summed E-state index contributed by atoms with van der Waals surface area (Å²) in [6.07, 6.45) is 0.927. The van der Waals surface area contributed by atoms with Gasteiger partial charge in [0, 0.05) is 0 Å². The van der Waals surface area contributed by atoms with E-state index in [9.17, 15) is 9.50 Å². The zero-order valence-corrected chi connectivity index (χ0v) is 11.4. The minimum absolute atomic E-state index is 0.257. The molecule has 2 aromatic rings. The van der Waals surface area contributed by atoms with Crippen LogP contribution in [0.4, 0.5) is 4.39 Å². The first kappa shape index (κ1) is 13.8. The number of rotatable bonds is 4. The largest absolute Gasteiger partial charge is 0.388 e. The average Bonchev–Trinajstić information content (AvgIpc) is 2.36. The van der Waals surface area contributed by atoms with Crippen LogP contribution in [0.15, 0.2) is 42.5 Å². The highest BCUT2D eigenvalue weighted by Gasteiger charge is 2.11. The smallest absolute Gasteiger partial charge is 0.123 e. The number of halogens is 1. The molecular weight excluding hydrogens is 239 g/mol. The fraction of sp³-hybridized carbons (Fsp3) is 0.294. The molecule has 0 aliphatic heterocycles. The lowest BCUT2D eigenvalue weighted by molar-refractivity contribution is 0.167. The third kappa shape index (κ3) is 3.65. The van der Waals surface area contributed by atoms with Crippen LogP contribution in [0.5, 0.6) is 0 Å². The summed E-state index contributed by atoms with van der Waals surface area (Å²) in [6.45, 7) is 3.89. The number of aliphatic hydroxyl groups excluding tert-OH is 1. The molecule has 0 radical (unpaired) electrons. The predicted octanol–water partition coefficient (Wildman–Crippen LogP) is 4.11. The molecule has 0 bridgehead atoms. The monoisotopic (exact) mass is 258 g/mol. The Kier molecular flexibility index (Phi) is 4.33. The van der Waals surface area contributed by atoms with Crippen LogP contribution in [0.3, 0.4) is 0 Å². The number of hydrogen-bond acceptors (Lipinski definition) is 1. The first-order valence-corrected chi connectivity index (χ1v) is 6.56. The summed E-state index contributed by atoms with van der Waals surface area (Å²) in [4.78, 5) is 0. The molecule has 1 atom stereocenters. The van der Waals surface area contributed by atoms with Crippen molar-refractivity contribution in [3.05, 3.63) is 70.5 Å². The Balaban J connectivity index is 2.03. The summed E-state index contributed by atoms with van der Waals surface area (Å²) in [6, 6.07) is 12.8. The molecule has 2 aromatic carbocycles. The highest BCUT2D eigenvalue weighted by atomic mass is 19.1. The molecule has 2 rings (SSSR count). The fourth-order valence-electron chi connectivity index (χ4n) is 2.34. The topological polar surface area (TPSA) is 20.2 Å². The minimum Gasteiger partial charge on any atom is -0.388 e. The second-order valence-electron chi connectivity index (χ2n) is 5.04. The highest BCUT2D eigenvalue weighted by molar-refractivity contribution is 5.29. The molecule has 0 saturated carbocycles. The predicted molar refractivity (Wildman–Crippen MR) is 75.6 cm³/mol. The second kappa shape index (κ2) is 5.98. The van der Waals surface area contributed by atoms with Gasteiger partial charge in [-0.3, -0.25) is 0 Å². The van der Waals surface area contributed by atoms with Crippen molar-refractivity contribution >= 4 is 0 Å². The molecular formula is C17H19FO. The molecule has 1 N–H and O–H groups in total. The van der Waals surface area contributed by atoms with Gasteiger partial charge < -0.3 is 5.11 Å². The van der Waals surface area contributed by atoms with E-state index in [1.165, 1.54) is 23.3 Å². The van der Waals surface area contributed by atoms with Crippen molar-refractivity contribution in [1.29, 1.82) is 0 Å². The third-order valence-electron chi connectivity index (χ3n) is 3.38. The SMILES string of the molecule is Cc1cccc(CCC(O)c2ccc(F)cc2C)c1. The molecule has 1 nitrogen and oxygen atoms in total. The molecule has 0 aliphatic carbocycles. The maximum Gasteiger partial charge on any atom is 0.123 e. The molecule has 100 valence electrons. The van der Waals surface area contributed by atoms with Crippen molar-refractivity contribution in [1.82, 2.24) is 0 Å². The second-order valence-corrected chi connectivity index (χ2v) is 5.04. The van der Waals surface area contributed by atoms with E-state index >= 15 is 0 Å². The molecule has 0 aliphatic rings. The zero-order valence-electron chi connectivity index (χ0n) is 11.4. The first-order chi connectivity index (χ1) is 9.06. The van der Waals surface area contributed by atoms with E-state index < -0.39 is 6.10 Å². The van der Waals surface area contributed by atoms with Crippen LogP contribution < -0.4 is 0 Å². The first-order valence-electron chi connectivity index (χ1n) is 6.56. The Hall–Kier alpha value is -1.67. The van der Waals surface area contributed by atoms with Gasteiger partial charge in [0.1, 0.15) is 5.82 Å². The molecule has 0 aromatic heterocycles. The summed E-state index contributed by atoms with van der Waals surface area (Å²) < 4.78 is 13.0. The van der Waals surface area contributed by atoms with Crippen LogP contribution >= 0.6 is 0 Å². The molecule has 2 heteroatoms. The van der Waals surface area contributed by atoms with E-state index in [0.717, 1.165) is 17.5 Å². The van der Waals surface area contributed by atoms with Crippen molar-refractivity contribution < 1.29 is 9.50 Å². The van der Waals surface area contributed by atoms with Crippen LogP contribution in [-0.2, 0) is 6.42 Å². The van der Waals surface area contributed by atoms with E-state index in [4.69, 9.17) is 0 Å². The maximum absolute atomic E-state index is 13.0. The van der Waals surface area contributed by atoms with Gasteiger partial charge in [-0.2, -0.15) is 0 Å². The van der Waals surface area contributed by atoms with E-state index in [-0.39, 0.29) is 5.82 Å². The summed E-state index contributed by atoms with van der Waals surface area (Å²) >= 11 is 0. The molecule has 0 amide bonds. The van der Waals surface area contributed by atoms with Crippen molar-refractivity contribution in [2.45, 2.75) is 32.8 Å². The lowest BCUT2D eigenvalue weighted by atomic mass is 9.97. The Bertz CT molecular complexity index is 563. The van der Waals surface area contributed by atoms with Gasteiger partial charge in [-0.15, -0.1) is 0 Å². The summed E-state index contributed by atoms with van der Waals surface area (Å²) in [5.74, 6) is -0.257. The van der Waals surface area contributed by atoms with Gasteiger partial charge in [-0.05, 0) is 55.5 Å². The number of aliphatic hydroxyl groups is 1. The van der Waals surface area contributed by atoms with Crippen LogP contribution in [0.1, 0.15) is 34.8 Å². The lowest BCUT2D eigenvalue weighted by Gasteiger charge is -2.14. The van der Waals surface area contributed by atoms with Crippen LogP contribution in [0.25, 0.3) is 0 Å². The Morgan fingerprint density at radius 2 is 1.89 bits per heavy atom. The average molecular weight is 258 g/mol. The molecule has 19 heavy (non-hydrogen) atoms. The van der Waals surface area contributed by atoms with E-state index in [0.29, 0.717) is 6.42 Å². The molecule has 0 saturated heterocycles. The van der Waals surface area contributed by atoms with Crippen molar-refractivity contribution in [3.8, 4) is 0 Å². The van der Waals surface area contributed by atoms with Crippen molar-refractivity contribution in [3.63, 3.8) is 0 Å². The number of aryl methyl sites for hydroxylation is 3. The van der Waals surface area contributed by atoms with Crippen molar-refractivity contribution in [2.24, 2.45) is 0 Å². The highest BCUT2D eigenvalue weighted by Crippen LogP contribution is 2.23. The Labute approximate surface area is 113 Å². The molecule has 0 fully saturated rings. The summed E-state index contributed by atoms with van der Waals surface area (Å²) in [5, 5.41) is 10.2. The standard InChI is InChI=1S/C17H19FO/c1-12-4-3-5-14(10-12)6-9-17(19)16-8-7-15(18)11-13(16)2/h3-5,7-8,10-11,17,19H,6,9H2,1-2H3. The molecule has 0 heterocycles. The third-order valence-corrected chi connectivity index (χ3v) is 3.38. The molecule has 1 unspecified atom stereocenters. The molecule has 0 spiro atoms. The van der Waals surface area contributed by atoms with Crippen molar-refractivity contribution in [2.75, 3.05) is 0 Å². The summed E-state index contributed by atoms with van der Waals surface area (Å²) in [5.41, 5.74) is 4.06. The van der Waals surface area contributed by atoms with Gasteiger partial charge in [0.25, 0.3) is 0 Å². The number of hydrogen-bond donors (Lipinski definition) is 1. The van der Waals surface area contributed by atoms with Gasteiger partial charge in [0.2, 0.25) is 0 Å². The Morgan fingerprint density at radius 3 is 2.58 bits per heavy atom. The Morgan fingerprint density at radius 1 is 1.11 bits per heavy atom. The van der Waals surface area contributed by atoms with E-state index in [1.54, 1.807) is 6.07 Å². The van der Waals surface area contributed by atoms with Crippen LogP contribution in [0.2, 0.25) is 0 Å². The van der Waals surface area contributed by atoms with Crippen LogP contribution in [-0.4, -0.2) is 5.11 Å². The van der Waals surface area contributed by atoms with E-state index in [2.05, 4.69) is 25.1 Å². The normalized spacial score (nSPS) is 12.4. The fourth-order valence-corrected chi connectivity index (χ4v) is 2.34. The van der Waals surface area contributed by atoms with Gasteiger partial charge in [0.15, 0.2) is 0 Å². The lowest BCUT2D eigenvalue weighted by Crippen LogP contribution is -2.02. The van der Waals surface area contributed by atoms with Gasteiger partial charge in [0.05, 0.1) is 6.10 Å². The summed E-state index contributed by atoms with van der Waals surface area (Å²) in [7, 11) is 0. The number of benzene rings is 2. The van der Waals surface area contributed by atoms with Gasteiger partial charge >= 0.3 is 0 Å². The minimum atomic E-state index is -0.541. The quantitative estimate of drug-likeness (QED) is 0.875. The van der Waals surface area contributed by atoms with E-state index in [1.807, 2.05) is 13.0 Å². The van der Waals surface area contributed by atoms with Gasteiger partial charge in [-0.25, -0.2) is 4.39 Å². The maximum atomic E-state index is 13.0.